The second kappa shape index (κ2) is 5.27. The first-order valence-electron chi connectivity index (χ1n) is 3.59. The van der Waals surface area contributed by atoms with Gasteiger partial charge in [-0.25, -0.2) is 4.21 Å². The van der Waals surface area contributed by atoms with Crippen LogP contribution >= 0.6 is 15.9 Å². The van der Waals surface area contributed by atoms with Gasteiger partial charge in [0.2, 0.25) is 0 Å². The van der Waals surface area contributed by atoms with Crippen LogP contribution in [0.5, 0.6) is 0 Å². The van der Waals surface area contributed by atoms with Crippen LogP contribution in [0.4, 0.5) is 0 Å². The highest BCUT2D eigenvalue weighted by atomic mass is 79.9. The SMILES string of the molecule is CC(C)(C)S(=O)OCCCBr. The van der Waals surface area contributed by atoms with Crippen LogP contribution in [0, 0.1) is 0 Å². The molecule has 0 rings (SSSR count). The fourth-order valence-electron chi connectivity index (χ4n) is 0.366. The van der Waals surface area contributed by atoms with Crippen molar-refractivity contribution >= 4 is 27.0 Å². The molecular formula is C7H15BrO2S. The van der Waals surface area contributed by atoms with Crippen LogP contribution in [0.25, 0.3) is 0 Å². The molecule has 0 radical (unpaired) electrons. The van der Waals surface area contributed by atoms with Crippen LogP contribution in [-0.4, -0.2) is 20.9 Å². The molecule has 0 bridgehead atoms. The largest absolute Gasteiger partial charge is 0.290 e. The Morgan fingerprint density at radius 1 is 1.45 bits per heavy atom. The molecule has 0 spiro atoms. The number of hydrogen-bond acceptors (Lipinski definition) is 2. The second-order valence-electron chi connectivity index (χ2n) is 3.21. The number of hydrogen-bond donors (Lipinski definition) is 0. The predicted octanol–water partition coefficient (Wildman–Crippen LogP) is 2.25. The molecule has 0 aliphatic rings. The molecule has 0 aromatic heterocycles. The quantitative estimate of drug-likeness (QED) is 0.559. The Morgan fingerprint density at radius 2 is 2.00 bits per heavy atom. The van der Waals surface area contributed by atoms with Crippen molar-refractivity contribution in [3.8, 4) is 0 Å². The third-order valence-corrected chi connectivity index (χ3v) is 2.91. The smallest absolute Gasteiger partial charge is 0.160 e. The van der Waals surface area contributed by atoms with Gasteiger partial charge in [-0.05, 0) is 27.2 Å². The molecule has 0 N–H and O–H groups in total. The first-order valence-corrected chi connectivity index (χ1v) is 5.79. The van der Waals surface area contributed by atoms with Gasteiger partial charge in [0.1, 0.15) is 0 Å². The molecule has 0 saturated heterocycles. The van der Waals surface area contributed by atoms with E-state index in [0.717, 1.165) is 11.8 Å². The summed E-state index contributed by atoms with van der Waals surface area (Å²) >= 11 is 2.11. The Hall–Kier alpha value is 0.590. The Balaban J connectivity index is 3.54. The molecule has 0 saturated carbocycles. The zero-order valence-corrected chi connectivity index (χ0v) is 9.63. The molecule has 0 aliphatic carbocycles. The van der Waals surface area contributed by atoms with Crippen molar-refractivity contribution in [2.75, 3.05) is 11.9 Å². The minimum Gasteiger partial charge on any atom is -0.290 e. The van der Waals surface area contributed by atoms with E-state index < -0.39 is 11.1 Å². The number of alkyl halides is 1. The van der Waals surface area contributed by atoms with Crippen molar-refractivity contribution in [3.63, 3.8) is 0 Å². The van der Waals surface area contributed by atoms with Crippen molar-refractivity contribution < 1.29 is 8.39 Å². The highest BCUT2D eigenvalue weighted by Crippen LogP contribution is 2.12. The summed E-state index contributed by atoms with van der Waals surface area (Å²) in [5, 5.41) is 0.897. The molecule has 0 aromatic carbocycles. The van der Waals surface area contributed by atoms with Crippen LogP contribution in [0.3, 0.4) is 0 Å². The van der Waals surface area contributed by atoms with E-state index in [1.165, 1.54) is 0 Å². The molecule has 0 fully saturated rings. The molecule has 68 valence electrons. The topological polar surface area (TPSA) is 26.3 Å². The van der Waals surface area contributed by atoms with E-state index in [0.29, 0.717) is 6.61 Å². The molecule has 0 aliphatic heterocycles. The van der Waals surface area contributed by atoms with E-state index in [1.54, 1.807) is 0 Å². The average Bonchev–Trinajstić information content (AvgIpc) is 1.86. The lowest BCUT2D eigenvalue weighted by Gasteiger charge is -2.16. The minimum absolute atomic E-state index is 0.258. The summed E-state index contributed by atoms with van der Waals surface area (Å²) in [6.07, 6.45) is 0.905. The maximum absolute atomic E-state index is 11.2. The summed E-state index contributed by atoms with van der Waals surface area (Å²) in [7, 11) is 0. The third-order valence-electron chi connectivity index (χ3n) is 0.968. The van der Waals surface area contributed by atoms with Crippen LogP contribution in [0.1, 0.15) is 27.2 Å². The third kappa shape index (κ3) is 5.82. The standard InChI is InChI=1S/C7H15BrO2S/c1-7(2,3)11(9)10-6-4-5-8/h4-6H2,1-3H3. The molecule has 11 heavy (non-hydrogen) atoms. The Bertz CT molecular complexity index is 131. The molecule has 1 unspecified atom stereocenters. The zero-order valence-electron chi connectivity index (χ0n) is 7.22. The highest BCUT2D eigenvalue weighted by molar-refractivity contribution is 9.09. The van der Waals surface area contributed by atoms with Gasteiger partial charge in [-0.1, -0.05) is 15.9 Å². The second-order valence-corrected chi connectivity index (χ2v) is 5.93. The van der Waals surface area contributed by atoms with Gasteiger partial charge in [0.05, 0.1) is 11.4 Å². The molecule has 2 nitrogen and oxygen atoms in total. The Kier molecular flexibility index (Phi) is 5.56. The van der Waals surface area contributed by atoms with E-state index >= 15 is 0 Å². The lowest BCUT2D eigenvalue weighted by Crippen LogP contribution is -2.23. The maximum atomic E-state index is 11.2. The van der Waals surface area contributed by atoms with Gasteiger partial charge in [0, 0.05) is 5.33 Å². The maximum Gasteiger partial charge on any atom is 0.160 e. The van der Waals surface area contributed by atoms with Crippen molar-refractivity contribution in [2.45, 2.75) is 31.9 Å². The van der Waals surface area contributed by atoms with Gasteiger partial charge in [0.25, 0.3) is 0 Å². The molecule has 0 heterocycles. The first-order chi connectivity index (χ1) is 4.98. The van der Waals surface area contributed by atoms with E-state index in [1.807, 2.05) is 20.8 Å². The zero-order chi connectivity index (χ0) is 8.91. The normalized spacial score (nSPS) is 14.9. The molecule has 4 heteroatoms. The molecular weight excluding hydrogens is 228 g/mol. The number of halogens is 1. The van der Waals surface area contributed by atoms with Gasteiger partial charge in [0.15, 0.2) is 11.1 Å². The van der Waals surface area contributed by atoms with Crippen LogP contribution in [0.15, 0.2) is 0 Å². The van der Waals surface area contributed by atoms with Crippen LogP contribution in [0.2, 0.25) is 0 Å². The summed E-state index contributed by atoms with van der Waals surface area (Å²) in [6, 6.07) is 0. The Morgan fingerprint density at radius 3 is 2.36 bits per heavy atom. The van der Waals surface area contributed by atoms with E-state index in [-0.39, 0.29) is 4.75 Å². The summed E-state index contributed by atoms with van der Waals surface area (Å²) in [4.78, 5) is 0. The predicted molar refractivity (Wildman–Crippen MR) is 52.3 cm³/mol. The number of rotatable bonds is 4. The van der Waals surface area contributed by atoms with Gasteiger partial charge in [-0.15, -0.1) is 0 Å². The summed E-state index contributed by atoms with van der Waals surface area (Å²) in [6.45, 7) is 6.26. The molecule has 0 amide bonds. The lowest BCUT2D eigenvalue weighted by atomic mass is 10.3. The highest BCUT2D eigenvalue weighted by Gasteiger charge is 2.19. The van der Waals surface area contributed by atoms with Crippen molar-refractivity contribution in [2.24, 2.45) is 0 Å². The lowest BCUT2D eigenvalue weighted by molar-refractivity contribution is 0.338. The first kappa shape index (κ1) is 11.6. The van der Waals surface area contributed by atoms with E-state index in [2.05, 4.69) is 15.9 Å². The van der Waals surface area contributed by atoms with Crippen molar-refractivity contribution in [1.29, 1.82) is 0 Å². The van der Waals surface area contributed by atoms with Gasteiger partial charge in [-0.2, -0.15) is 0 Å². The molecule has 0 aromatic rings. The summed E-state index contributed by atoms with van der Waals surface area (Å²) in [5.74, 6) is 0. The van der Waals surface area contributed by atoms with Crippen molar-refractivity contribution in [3.05, 3.63) is 0 Å². The van der Waals surface area contributed by atoms with E-state index in [9.17, 15) is 4.21 Å². The Labute approximate surface area is 79.5 Å². The summed E-state index contributed by atoms with van der Waals surface area (Å²) in [5.41, 5.74) is 0. The average molecular weight is 243 g/mol. The van der Waals surface area contributed by atoms with Crippen LogP contribution < -0.4 is 0 Å². The monoisotopic (exact) mass is 242 g/mol. The fourth-order valence-corrected chi connectivity index (χ4v) is 1.22. The van der Waals surface area contributed by atoms with Crippen molar-refractivity contribution in [1.82, 2.24) is 0 Å². The van der Waals surface area contributed by atoms with Gasteiger partial charge >= 0.3 is 0 Å². The fraction of sp³-hybridized carbons (Fsp3) is 1.00. The van der Waals surface area contributed by atoms with E-state index in [4.69, 9.17) is 4.18 Å². The molecule has 1 atom stereocenters. The van der Waals surface area contributed by atoms with Gasteiger partial charge < -0.3 is 0 Å². The summed E-state index contributed by atoms with van der Waals surface area (Å²) < 4.78 is 16.0. The van der Waals surface area contributed by atoms with Gasteiger partial charge in [-0.3, -0.25) is 4.18 Å². The van der Waals surface area contributed by atoms with Crippen LogP contribution in [-0.2, 0) is 15.3 Å². The minimum atomic E-state index is -1.16.